The van der Waals surface area contributed by atoms with Gasteiger partial charge in [0.25, 0.3) is 0 Å². The smallest absolute Gasteiger partial charge is 0.338 e. The molecule has 0 heterocycles. The first-order chi connectivity index (χ1) is 11.5. The summed E-state index contributed by atoms with van der Waals surface area (Å²) in [6, 6.07) is 12.7. The molecule has 2 aromatic carbocycles. The standard InChI is InChI=1S/C17H19NO5S/c1-3-23-17(19)14-7-9-16(10-8-14)24(20,21)18-12-13-5-4-6-15(11-13)22-2/h4-11,18H,3,12H2,1-2H3. The van der Waals surface area contributed by atoms with Crippen molar-refractivity contribution in [3.63, 3.8) is 0 Å². The Kier molecular flexibility index (Phi) is 5.94. The molecule has 0 bridgehead atoms. The molecular formula is C17H19NO5S. The number of esters is 1. The summed E-state index contributed by atoms with van der Waals surface area (Å²) in [5, 5.41) is 0. The van der Waals surface area contributed by atoms with Gasteiger partial charge in [0.15, 0.2) is 0 Å². The molecular weight excluding hydrogens is 330 g/mol. The van der Waals surface area contributed by atoms with Crippen LogP contribution in [0.4, 0.5) is 0 Å². The predicted molar refractivity (Wildman–Crippen MR) is 89.4 cm³/mol. The topological polar surface area (TPSA) is 81.7 Å². The van der Waals surface area contributed by atoms with Crippen molar-refractivity contribution in [2.45, 2.75) is 18.4 Å². The monoisotopic (exact) mass is 349 g/mol. The molecule has 2 rings (SSSR count). The van der Waals surface area contributed by atoms with Crippen molar-refractivity contribution < 1.29 is 22.7 Å². The molecule has 1 N–H and O–H groups in total. The van der Waals surface area contributed by atoms with Crippen LogP contribution < -0.4 is 9.46 Å². The Hall–Kier alpha value is -2.38. The lowest BCUT2D eigenvalue weighted by Gasteiger charge is -2.09. The molecule has 0 atom stereocenters. The van der Waals surface area contributed by atoms with E-state index in [2.05, 4.69) is 4.72 Å². The minimum atomic E-state index is -3.68. The molecule has 7 heteroatoms. The van der Waals surface area contributed by atoms with E-state index in [-0.39, 0.29) is 18.0 Å². The number of ether oxygens (including phenoxy) is 2. The molecule has 0 aromatic heterocycles. The van der Waals surface area contributed by atoms with Crippen LogP contribution in [0.2, 0.25) is 0 Å². The van der Waals surface area contributed by atoms with E-state index in [0.717, 1.165) is 5.56 Å². The molecule has 0 saturated carbocycles. The van der Waals surface area contributed by atoms with Gasteiger partial charge in [0.2, 0.25) is 10.0 Å². The first-order valence-electron chi connectivity index (χ1n) is 7.36. The number of nitrogens with one attached hydrogen (secondary N) is 1. The molecule has 0 spiro atoms. The number of carbonyl (C=O) groups is 1. The Morgan fingerprint density at radius 3 is 2.46 bits per heavy atom. The van der Waals surface area contributed by atoms with Crippen LogP contribution >= 0.6 is 0 Å². The second-order valence-electron chi connectivity index (χ2n) is 4.92. The van der Waals surface area contributed by atoms with Crippen molar-refractivity contribution >= 4 is 16.0 Å². The summed E-state index contributed by atoms with van der Waals surface area (Å²) >= 11 is 0. The zero-order valence-corrected chi connectivity index (χ0v) is 14.3. The Bertz CT molecular complexity index is 800. The minimum Gasteiger partial charge on any atom is -0.497 e. The van der Waals surface area contributed by atoms with Crippen molar-refractivity contribution in [1.82, 2.24) is 4.72 Å². The molecule has 24 heavy (non-hydrogen) atoms. The van der Waals surface area contributed by atoms with Gasteiger partial charge in [-0.3, -0.25) is 0 Å². The summed E-state index contributed by atoms with van der Waals surface area (Å²) < 4.78 is 37.1. The van der Waals surface area contributed by atoms with E-state index < -0.39 is 16.0 Å². The molecule has 0 unspecified atom stereocenters. The maximum atomic E-state index is 12.3. The summed E-state index contributed by atoms with van der Waals surface area (Å²) in [4.78, 5) is 11.7. The van der Waals surface area contributed by atoms with E-state index in [0.29, 0.717) is 11.3 Å². The zero-order valence-electron chi connectivity index (χ0n) is 13.5. The van der Waals surface area contributed by atoms with Gasteiger partial charge >= 0.3 is 5.97 Å². The number of hydrogen-bond donors (Lipinski definition) is 1. The van der Waals surface area contributed by atoms with Crippen molar-refractivity contribution in [3.05, 3.63) is 59.7 Å². The molecule has 0 saturated heterocycles. The van der Waals surface area contributed by atoms with E-state index >= 15 is 0 Å². The Morgan fingerprint density at radius 2 is 1.83 bits per heavy atom. The highest BCUT2D eigenvalue weighted by molar-refractivity contribution is 7.89. The lowest BCUT2D eigenvalue weighted by Crippen LogP contribution is -2.23. The Morgan fingerprint density at radius 1 is 1.12 bits per heavy atom. The van der Waals surface area contributed by atoms with Crippen LogP contribution in [0.3, 0.4) is 0 Å². The van der Waals surface area contributed by atoms with Gasteiger partial charge in [0.05, 0.1) is 24.2 Å². The van der Waals surface area contributed by atoms with Crippen LogP contribution in [0.5, 0.6) is 5.75 Å². The Balaban J connectivity index is 2.08. The lowest BCUT2D eigenvalue weighted by molar-refractivity contribution is 0.0526. The number of benzene rings is 2. The molecule has 0 aliphatic rings. The maximum absolute atomic E-state index is 12.3. The van der Waals surface area contributed by atoms with Gasteiger partial charge in [-0.2, -0.15) is 0 Å². The van der Waals surface area contributed by atoms with Crippen LogP contribution in [0.25, 0.3) is 0 Å². The summed E-state index contributed by atoms with van der Waals surface area (Å²) in [6.45, 7) is 2.11. The average Bonchev–Trinajstić information content (AvgIpc) is 2.60. The molecule has 0 amide bonds. The fourth-order valence-electron chi connectivity index (χ4n) is 2.03. The number of sulfonamides is 1. The number of carbonyl (C=O) groups excluding carboxylic acids is 1. The highest BCUT2D eigenvalue weighted by atomic mass is 32.2. The molecule has 6 nitrogen and oxygen atoms in total. The predicted octanol–water partition coefficient (Wildman–Crippen LogP) is 2.35. The molecule has 0 radical (unpaired) electrons. The second kappa shape index (κ2) is 7.94. The molecule has 0 fully saturated rings. The number of methoxy groups -OCH3 is 1. The minimum absolute atomic E-state index is 0.0819. The summed E-state index contributed by atoms with van der Waals surface area (Å²) in [5.74, 6) is 0.177. The lowest BCUT2D eigenvalue weighted by atomic mass is 10.2. The zero-order chi connectivity index (χ0) is 17.6. The second-order valence-corrected chi connectivity index (χ2v) is 6.69. The Labute approximate surface area is 141 Å². The van der Waals surface area contributed by atoms with Crippen LogP contribution in [0.1, 0.15) is 22.8 Å². The third-order valence-electron chi connectivity index (χ3n) is 3.28. The van der Waals surface area contributed by atoms with Gasteiger partial charge in [-0.1, -0.05) is 12.1 Å². The van der Waals surface area contributed by atoms with Gasteiger partial charge in [-0.05, 0) is 48.9 Å². The van der Waals surface area contributed by atoms with E-state index in [9.17, 15) is 13.2 Å². The largest absolute Gasteiger partial charge is 0.497 e. The SMILES string of the molecule is CCOC(=O)c1ccc(S(=O)(=O)NCc2cccc(OC)c2)cc1. The van der Waals surface area contributed by atoms with Crippen LogP contribution in [0, 0.1) is 0 Å². The summed E-state index contributed by atoms with van der Waals surface area (Å²) in [7, 11) is -2.13. The van der Waals surface area contributed by atoms with Gasteiger partial charge in [-0.25, -0.2) is 17.9 Å². The fourth-order valence-corrected chi connectivity index (χ4v) is 3.05. The quantitative estimate of drug-likeness (QED) is 0.776. The van der Waals surface area contributed by atoms with Gasteiger partial charge in [0, 0.05) is 6.54 Å². The van der Waals surface area contributed by atoms with Crippen molar-refractivity contribution in [2.75, 3.05) is 13.7 Å². The number of hydrogen-bond acceptors (Lipinski definition) is 5. The summed E-state index contributed by atoms with van der Waals surface area (Å²) in [6.07, 6.45) is 0. The highest BCUT2D eigenvalue weighted by Crippen LogP contribution is 2.15. The van der Waals surface area contributed by atoms with E-state index in [1.807, 2.05) is 0 Å². The van der Waals surface area contributed by atoms with E-state index in [1.54, 1.807) is 38.3 Å². The number of rotatable bonds is 7. The fraction of sp³-hybridized carbons (Fsp3) is 0.235. The first kappa shape index (κ1) is 18.0. The van der Waals surface area contributed by atoms with Crippen LogP contribution in [0.15, 0.2) is 53.4 Å². The van der Waals surface area contributed by atoms with Crippen LogP contribution in [-0.2, 0) is 21.3 Å². The summed E-state index contributed by atoms with van der Waals surface area (Å²) in [5.41, 5.74) is 1.09. The van der Waals surface area contributed by atoms with Crippen LogP contribution in [-0.4, -0.2) is 28.1 Å². The molecule has 2 aromatic rings. The normalized spacial score (nSPS) is 11.1. The maximum Gasteiger partial charge on any atom is 0.338 e. The van der Waals surface area contributed by atoms with E-state index in [4.69, 9.17) is 9.47 Å². The average molecular weight is 349 g/mol. The first-order valence-corrected chi connectivity index (χ1v) is 8.84. The molecule has 128 valence electrons. The van der Waals surface area contributed by atoms with Crippen molar-refractivity contribution in [3.8, 4) is 5.75 Å². The molecule has 0 aliphatic heterocycles. The van der Waals surface area contributed by atoms with E-state index in [1.165, 1.54) is 24.3 Å². The third-order valence-corrected chi connectivity index (χ3v) is 4.69. The van der Waals surface area contributed by atoms with Gasteiger partial charge < -0.3 is 9.47 Å². The highest BCUT2D eigenvalue weighted by Gasteiger charge is 2.15. The molecule has 0 aliphatic carbocycles. The van der Waals surface area contributed by atoms with Gasteiger partial charge in [-0.15, -0.1) is 0 Å². The van der Waals surface area contributed by atoms with Gasteiger partial charge in [0.1, 0.15) is 5.75 Å². The third kappa shape index (κ3) is 4.56. The van der Waals surface area contributed by atoms with Crippen molar-refractivity contribution in [1.29, 1.82) is 0 Å². The van der Waals surface area contributed by atoms with Crippen molar-refractivity contribution in [2.24, 2.45) is 0 Å².